The van der Waals surface area contributed by atoms with Crippen LogP contribution in [0.3, 0.4) is 0 Å². The van der Waals surface area contributed by atoms with E-state index in [9.17, 15) is 0 Å². The van der Waals surface area contributed by atoms with Gasteiger partial charge in [-0.25, -0.2) is 0 Å². The third-order valence-corrected chi connectivity index (χ3v) is 2.19. The number of unbranched alkanes of at least 4 members (excludes halogenated alkanes) is 1. The second-order valence-electron chi connectivity index (χ2n) is 3.96. The Morgan fingerprint density at radius 1 is 1.30 bits per heavy atom. The summed E-state index contributed by atoms with van der Waals surface area (Å²) in [5, 5.41) is 0. The monoisotopic (exact) mass is 143 g/mol. The summed E-state index contributed by atoms with van der Waals surface area (Å²) in [5.41, 5.74) is 0. The van der Waals surface area contributed by atoms with E-state index in [1.807, 2.05) is 0 Å². The molecule has 0 aromatic rings. The summed E-state index contributed by atoms with van der Waals surface area (Å²) in [6.07, 6.45) is 3.63. The van der Waals surface area contributed by atoms with Crippen LogP contribution >= 0.6 is 0 Å². The molecule has 0 aromatic heterocycles. The zero-order chi connectivity index (χ0) is 8.20. The standard InChI is InChI=1S/C9H21N/c1-6-7-8-9(2)10(3,4)5/h9H,1,6-8H2,2-5H3/q+1. The van der Waals surface area contributed by atoms with Crippen LogP contribution in [0.2, 0.25) is 0 Å². The predicted octanol–water partition coefficient (Wildman–Crippen LogP) is 2.09. The highest BCUT2D eigenvalue weighted by Gasteiger charge is 2.16. The van der Waals surface area contributed by atoms with Crippen molar-refractivity contribution in [3.05, 3.63) is 6.92 Å². The Labute approximate surface area is 65.6 Å². The van der Waals surface area contributed by atoms with E-state index >= 15 is 0 Å². The Hall–Kier alpha value is -0.0400. The Morgan fingerprint density at radius 3 is 2.10 bits per heavy atom. The maximum atomic E-state index is 3.83. The van der Waals surface area contributed by atoms with Gasteiger partial charge in [0.1, 0.15) is 0 Å². The van der Waals surface area contributed by atoms with E-state index in [4.69, 9.17) is 0 Å². The SMILES string of the molecule is [CH2]CCCC(C)[N+](C)(C)C. The van der Waals surface area contributed by atoms with E-state index in [1.165, 1.54) is 12.8 Å². The number of hydrogen-bond donors (Lipinski definition) is 0. The lowest BCUT2D eigenvalue weighted by Gasteiger charge is -2.31. The van der Waals surface area contributed by atoms with Crippen molar-refractivity contribution < 1.29 is 4.48 Å². The fourth-order valence-corrected chi connectivity index (χ4v) is 0.827. The first-order valence-electron chi connectivity index (χ1n) is 4.09. The average molecular weight is 143 g/mol. The molecule has 0 amide bonds. The first-order valence-corrected chi connectivity index (χ1v) is 4.09. The molecule has 0 aliphatic rings. The highest BCUT2D eigenvalue weighted by Crippen LogP contribution is 2.09. The van der Waals surface area contributed by atoms with Crippen molar-refractivity contribution in [3.63, 3.8) is 0 Å². The second kappa shape index (κ2) is 3.97. The maximum absolute atomic E-state index is 3.83. The fourth-order valence-electron chi connectivity index (χ4n) is 0.827. The lowest BCUT2D eigenvalue weighted by Crippen LogP contribution is -2.43. The van der Waals surface area contributed by atoms with Crippen LogP contribution in [0.15, 0.2) is 0 Å². The summed E-state index contributed by atoms with van der Waals surface area (Å²) in [6, 6.07) is 0.766. The van der Waals surface area contributed by atoms with E-state index in [-0.39, 0.29) is 0 Å². The zero-order valence-corrected chi connectivity index (χ0v) is 7.85. The largest absolute Gasteiger partial charge is 0.329 e. The molecular formula is C9H21N+. The fraction of sp³-hybridized carbons (Fsp3) is 0.889. The van der Waals surface area contributed by atoms with Gasteiger partial charge >= 0.3 is 0 Å². The third-order valence-electron chi connectivity index (χ3n) is 2.19. The molecule has 0 saturated heterocycles. The summed E-state index contributed by atoms with van der Waals surface area (Å²) in [5.74, 6) is 0. The molecule has 10 heavy (non-hydrogen) atoms. The van der Waals surface area contributed by atoms with Crippen LogP contribution in [0.25, 0.3) is 0 Å². The van der Waals surface area contributed by atoms with Gasteiger partial charge in [-0.15, -0.1) is 0 Å². The zero-order valence-electron chi connectivity index (χ0n) is 7.85. The van der Waals surface area contributed by atoms with Crippen LogP contribution in [0.4, 0.5) is 0 Å². The smallest absolute Gasteiger partial charge is 0.0855 e. The molecule has 0 fully saturated rings. The topological polar surface area (TPSA) is 0 Å². The van der Waals surface area contributed by atoms with Crippen LogP contribution in [-0.4, -0.2) is 31.7 Å². The second-order valence-corrected chi connectivity index (χ2v) is 3.96. The molecule has 0 bridgehead atoms. The van der Waals surface area contributed by atoms with Gasteiger partial charge in [0, 0.05) is 0 Å². The van der Waals surface area contributed by atoms with Crippen molar-refractivity contribution in [3.8, 4) is 0 Å². The van der Waals surface area contributed by atoms with Gasteiger partial charge in [-0.2, -0.15) is 0 Å². The summed E-state index contributed by atoms with van der Waals surface area (Å²) < 4.78 is 1.07. The molecule has 1 radical (unpaired) electrons. The minimum Gasteiger partial charge on any atom is -0.329 e. The van der Waals surface area contributed by atoms with Crippen LogP contribution in [0.1, 0.15) is 26.2 Å². The molecule has 0 heterocycles. The van der Waals surface area contributed by atoms with Crippen molar-refractivity contribution in [1.82, 2.24) is 0 Å². The molecule has 0 N–H and O–H groups in total. The van der Waals surface area contributed by atoms with Gasteiger partial charge in [-0.05, 0) is 19.8 Å². The molecule has 0 rings (SSSR count). The molecule has 0 aliphatic heterocycles. The molecule has 0 saturated carbocycles. The van der Waals surface area contributed by atoms with Crippen LogP contribution in [0.5, 0.6) is 0 Å². The Balaban J connectivity index is 3.52. The van der Waals surface area contributed by atoms with E-state index in [0.29, 0.717) is 0 Å². The number of quaternary nitrogens is 1. The van der Waals surface area contributed by atoms with Gasteiger partial charge in [0.2, 0.25) is 0 Å². The predicted molar refractivity (Wildman–Crippen MR) is 46.7 cm³/mol. The van der Waals surface area contributed by atoms with Gasteiger partial charge in [-0.1, -0.05) is 13.3 Å². The Bertz CT molecular complexity index is 81.2. The highest BCUT2D eigenvalue weighted by atomic mass is 15.3. The normalized spacial score (nSPS) is 15.3. The van der Waals surface area contributed by atoms with E-state index in [2.05, 4.69) is 35.0 Å². The minimum atomic E-state index is 0.766. The maximum Gasteiger partial charge on any atom is 0.0855 e. The third kappa shape index (κ3) is 3.89. The van der Waals surface area contributed by atoms with Crippen LogP contribution < -0.4 is 0 Å². The molecule has 0 aliphatic carbocycles. The van der Waals surface area contributed by atoms with Gasteiger partial charge in [-0.3, -0.25) is 0 Å². The first kappa shape index (κ1) is 9.96. The molecule has 0 aromatic carbocycles. The number of nitrogens with zero attached hydrogens (tertiary/aromatic N) is 1. The van der Waals surface area contributed by atoms with Crippen LogP contribution in [0, 0.1) is 6.92 Å². The molecule has 61 valence electrons. The molecule has 0 spiro atoms. The summed E-state index contributed by atoms with van der Waals surface area (Å²) in [7, 11) is 6.73. The average Bonchev–Trinajstić information content (AvgIpc) is 1.80. The van der Waals surface area contributed by atoms with E-state index in [1.54, 1.807) is 0 Å². The molecule has 1 nitrogen and oxygen atoms in total. The minimum absolute atomic E-state index is 0.766. The summed E-state index contributed by atoms with van der Waals surface area (Å²) >= 11 is 0. The van der Waals surface area contributed by atoms with Crippen molar-refractivity contribution in [2.45, 2.75) is 32.2 Å². The lowest BCUT2D eigenvalue weighted by molar-refractivity contribution is -0.894. The van der Waals surface area contributed by atoms with Crippen molar-refractivity contribution in [2.75, 3.05) is 21.1 Å². The van der Waals surface area contributed by atoms with E-state index in [0.717, 1.165) is 16.9 Å². The summed E-state index contributed by atoms with van der Waals surface area (Å²) in [6.45, 7) is 6.13. The van der Waals surface area contributed by atoms with Crippen molar-refractivity contribution in [2.24, 2.45) is 0 Å². The summed E-state index contributed by atoms with van der Waals surface area (Å²) in [4.78, 5) is 0. The molecule has 1 heteroatoms. The van der Waals surface area contributed by atoms with Crippen LogP contribution in [-0.2, 0) is 0 Å². The molecule has 1 atom stereocenters. The Morgan fingerprint density at radius 2 is 1.80 bits per heavy atom. The van der Waals surface area contributed by atoms with E-state index < -0.39 is 0 Å². The molecular weight excluding hydrogens is 122 g/mol. The number of hydrogen-bond acceptors (Lipinski definition) is 0. The van der Waals surface area contributed by atoms with Crippen molar-refractivity contribution in [1.29, 1.82) is 0 Å². The Kier molecular flexibility index (Phi) is 3.95. The van der Waals surface area contributed by atoms with Gasteiger partial charge in [0.05, 0.1) is 27.2 Å². The van der Waals surface area contributed by atoms with Gasteiger partial charge < -0.3 is 4.48 Å². The quantitative estimate of drug-likeness (QED) is 0.529. The number of rotatable bonds is 4. The van der Waals surface area contributed by atoms with Crippen molar-refractivity contribution >= 4 is 0 Å². The highest BCUT2D eigenvalue weighted by molar-refractivity contribution is 4.51. The lowest BCUT2D eigenvalue weighted by atomic mass is 10.1. The van der Waals surface area contributed by atoms with Gasteiger partial charge in [0.25, 0.3) is 0 Å². The van der Waals surface area contributed by atoms with Gasteiger partial charge in [0.15, 0.2) is 0 Å². The first-order chi connectivity index (χ1) is 4.48. The molecule has 1 unspecified atom stereocenters.